The van der Waals surface area contributed by atoms with E-state index in [1.807, 2.05) is 6.26 Å². The van der Waals surface area contributed by atoms with Gasteiger partial charge in [0.25, 0.3) is 5.91 Å². The van der Waals surface area contributed by atoms with Crippen molar-refractivity contribution in [2.24, 2.45) is 16.7 Å². The quantitative estimate of drug-likeness (QED) is 0.0703. The summed E-state index contributed by atoms with van der Waals surface area (Å²) in [4.78, 5) is 71.6. The maximum absolute atomic E-state index is 15.3. The SMILES string of the molecule is CCCC(=O)OC(C(=O)OC1CC2(O)C(OC(=O)c3ccccc3)C3[C@]4(O)COC4CC(OCSC)[C@@]3(C)C(=O)C(O)C(=C1C)C2(C)C)C(NC(=O)c1ccccc1)c1ccccc1. The van der Waals surface area contributed by atoms with Gasteiger partial charge in [0, 0.05) is 36.2 Å². The maximum atomic E-state index is 15.3. The summed E-state index contributed by atoms with van der Waals surface area (Å²) in [5, 5.41) is 41.7. The van der Waals surface area contributed by atoms with E-state index < -0.39 is 107 Å². The van der Waals surface area contributed by atoms with Crippen LogP contribution in [0.2, 0.25) is 0 Å². The molecule has 2 saturated carbocycles. The van der Waals surface area contributed by atoms with Gasteiger partial charge in [0.2, 0.25) is 6.10 Å². The van der Waals surface area contributed by atoms with Gasteiger partial charge in [0.15, 0.2) is 5.78 Å². The number of carbonyl (C=O) groups excluding carboxylic acids is 5. The summed E-state index contributed by atoms with van der Waals surface area (Å²) in [5.41, 5.74) is -6.45. The molecule has 3 aromatic carbocycles. The highest BCUT2D eigenvalue weighted by Gasteiger charge is 2.76. The van der Waals surface area contributed by atoms with E-state index in [2.05, 4.69) is 5.32 Å². The molecule has 1 aliphatic heterocycles. The van der Waals surface area contributed by atoms with Crippen LogP contribution in [-0.4, -0.2) is 112 Å². The Kier molecular flexibility index (Phi) is 13.6. The van der Waals surface area contributed by atoms with Gasteiger partial charge >= 0.3 is 17.9 Å². The Morgan fingerprint density at radius 1 is 0.906 bits per heavy atom. The van der Waals surface area contributed by atoms with E-state index in [4.69, 9.17) is 23.7 Å². The number of aliphatic hydroxyl groups excluding tert-OH is 1. The van der Waals surface area contributed by atoms with Gasteiger partial charge in [-0.25, -0.2) is 9.59 Å². The number of carbonyl (C=O) groups is 5. The Balaban J connectivity index is 1.37. The Bertz CT molecular complexity index is 2260. The average molecular weight is 900 g/mol. The number of fused-ring (bicyclic) bond motifs is 5. The van der Waals surface area contributed by atoms with Crippen molar-refractivity contribution in [2.45, 2.75) is 114 Å². The molecule has 1 amide bonds. The van der Waals surface area contributed by atoms with Crippen LogP contribution in [0.5, 0.6) is 0 Å². The van der Waals surface area contributed by atoms with E-state index in [0.717, 1.165) is 0 Å². The van der Waals surface area contributed by atoms with Crippen LogP contribution in [0.15, 0.2) is 102 Å². The summed E-state index contributed by atoms with van der Waals surface area (Å²) >= 11 is 1.36. The van der Waals surface area contributed by atoms with E-state index in [-0.39, 0.29) is 47.7 Å². The molecule has 0 spiro atoms. The second-order valence-electron chi connectivity index (χ2n) is 18.0. The highest BCUT2D eigenvalue weighted by atomic mass is 32.2. The molecule has 2 bridgehead atoms. The molecule has 15 heteroatoms. The Morgan fingerprint density at radius 2 is 1.52 bits per heavy atom. The first-order chi connectivity index (χ1) is 30.4. The van der Waals surface area contributed by atoms with Crippen molar-refractivity contribution >= 4 is 41.4 Å². The third kappa shape index (κ3) is 8.19. The van der Waals surface area contributed by atoms with E-state index in [9.17, 15) is 34.5 Å². The van der Waals surface area contributed by atoms with Crippen molar-refractivity contribution in [1.29, 1.82) is 0 Å². The lowest BCUT2D eigenvalue weighted by Crippen LogP contribution is -2.81. The number of amides is 1. The Hall–Kier alpha value is -4.90. The number of nitrogens with one attached hydrogen (secondary N) is 1. The maximum Gasteiger partial charge on any atom is 0.350 e. The predicted molar refractivity (Wildman–Crippen MR) is 235 cm³/mol. The number of ketones is 1. The number of rotatable bonds is 14. The number of esters is 3. The number of ether oxygens (including phenoxy) is 5. The zero-order valence-electron chi connectivity index (χ0n) is 36.9. The number of hydrogen-bond donors (Lipinski definition) is 4. The minimum atomic E-state index is -2.29. The molecule has 342 valence electrons. The smallest absolute Gasteiger partial charge is 0.350 e. The van der Waals surface area contributed by atoms with Crippen molar-refractivity contribution in [3.05, 3.63) is 119 Å². The third-order valence-corrected chi connectivity index (χ3v) is 14.3. The van der Waals surface area contributed by atoms with Crippen molar-refractivity contribution in [3.63, 3.8) is 0 Å². The fourth-order valence-electron chi connectivity index (χ4n) is 10.4. The van der Waals surface area contributed by atoms with E-state index in [1.165, 1.54) is 23.9 Å². The van der Waals surface area contributed by atoms with Crippen LogP contribution in [0, 0.1) is 16.7 Å². The van der Waals surface area contributed by atoms with Crippen LogP contribution in [0.25, 0.3) is 0 Å². The number of hydrogen-bond acceptors (Lipinski definition) is 14. The van der Waals surface area contributed by atoms with Gasteiger partial charge in [-0.15, -0.1) is 11.8 Å². The Morgan fingerprint density at radius 3 is 2.09 bits per heavy atom. The minimum absolute atomic E-state index is 0.0172. The second kappa shape index (κ2) is 18.5. The number of benzene rings is 3. The molecule has 64 heavy (non-hydrogen) atoms. The molecule has 1 saturated heterocycles. The fraction of sp³-hybridized carbons (Fsp3) is 0.490. The first-order valence-electron chi connectivity index (χ1n) is 21.6. The summed E-state index contributed by atoms with van der Waals surface area (Å²) in [5.74, 6) is -5.30. The largest absolute Gasteiger partial charge is 0.455 e. The molecule has 14 nitrogen and oxygen atoms in total. The van der Waals surface area contributed by atoms with Crippen molar-refractivity contribution in [1.82, 2.24) is 5.32 Å². The van der Waals surface area contributed by atoms with Gasteiger partial charge in [0.05, 0.1) is 35.7 Å². The van der Waals surface area contributed by atoms with E-state index >= 15 is 4.79 Å². The highest BCUT2D eigenvalue weighted by Crippen LogP contribution is 2.63. The van der Waals surface area contributed by atoms with Crippen LogP contribution in [0.1, 0.15) is 92.6 Å². The van der Waals surface area contributed by atoms with Gasteiger partial charge in [-0.3, -0.25) is 14.4 Å². The number of aliphatic hydroxyl groups is 3. The molecule has 4 aliphatic rings. The van der Waals surface area contributed by atoms with Crippen LogP contribution >= 0.6 is 11.8 Å². The lowest BCUT2D eigenvalue weighted by Gasteiger charge is -2.67. The highest BCUT2D eigenvalue weighted by molar-refractivity contribution is 7.98. The predicted octanol–water partition coefficient (Wildman–Crippen LogP) is 5.29. The molecule has 1 heterocycles. The van der Waals surface area contributed by atoms with Crippen LogP contribution < -0.4 is 5.32 Å². The van der Waals surface area contributed by atoms with Gasteiger partial charge in [-0.1, -0.05) is 87.5 Å². The topological polar surface area (TPSA) is 204 Å². The molecule has 3 fully saturated rings. The van der Waals surface area contributed by atoms with Crippen LogP contribution in [0.4, 0.5) is 0 Å². The average Bonchev–Trinajstić information content (AvgIpc) is 3.28. The Labute approximate surface area is 377 Å². The lowest BCUT2D eigenvalue weighted by molar-refractivity contribution is -0.345. The summed E-state index contributed by atoms with van der Waals surface area (Å²) < 4.78 is 30.8. The first-order valence-corrected chi connectivity index (χ1v) is 23.0. The minimum Gasteiger partial charge on any atom is -0.455 e. The molecule has 11 atom stereocenters. The molecule has 0 radical (unpaired) electrons. The lowest BCUT2D eigenvalue weighted by atomic mass is 9.44. The molecule has 9 unspecified atom stereocenters. The zero-order chi connectivity index (χ0) is 46.2. The molecule has 3 aromatic rings. The summed E-state index contributed by atoms with van der Waals surface area (Å²) in [6.07, 6.45) is -6.95. The van der Waals surface area contributed by atoms with Crippen molar-refractivity contribution in [3.8, 4) is 0 Å². The monoisotopic (exact) mass is 899 g/mol. The van der Waals surface area contributed by atoms with Gasteiger partial charge in [-0.05, 0) is 67.5 Å². The fourth-order valence-corrected chi connectivity index (χ4v) is 10.7. The van der Waals surface area contributed by atoms with Crippen LogP contribution in [-0.2, 0) is 38.1 Å². The van der Waals surface area contributed by atoms with Crippen LogP contribution in [0.3, 0.4) is 0 Å². The van der Waals surface area contributed by atoms with Gasteiger partial charge in [-0.2, -0.15) is 0 Å². The summed E-state index contributed by atoms with van der Waals surface area (Å²) in [7, 11) is 0. The van der Waals surface area contributed by atoms with Crippen molar-refractivity contribution < 1.29 is 63.0 Å². The second-order valence-corrected chi connectivity index (χ2v) is 18.8. The zero-order valence-corrected chi connectivity index (χ0v) is 37.7. The van der Waals surface area contributed by atoms with Gasteiger partial charge < -0.3 is 44.3 Å². The number of thioether (sulfide) groups is 1. The molecule has 7 rings (SSSR count). The first kappa shape index (κ1) is 47.1. The van der Waals surface area contributed by atoms with Gasteiger partial charge in [0.1, 0.15) is 35.6 Å². The third-order valence-electron chi connectivity index (χ3n) is 14.0. The molecule has 0 aromatic heterocycles. The normalized spacial score (nSPS) is 31.4. The molecule has 4 N–H and O–H groups in total. The summed E-state index contributed by atoms with van der Waals surface area (Å²) in [6.45, 7) is 7.85. The molecule has 3 aliphatic carbocycles. The standard InChI is InChI=1S/C49H57NO13S/c1-7-17-35(51)62-39(37(29-18-11-8-12-19-29)50-43(54)30-20-13-9-14-21-30)45(56)61-32-25-49(58)42(63-44(55)31-22-15-10-16-23-31)40-47(5,41(53)38(52)36(28(32)2)46(49,3)4)33(60-27-64-6)24-34-48(40,57)26-59-34/h8-16,18-23,32-34,37-40,42,52,57-58H,7,17,24-27H2,1-6H3,(H,50,54)/t32?,33?,34?,37?,38?,39?,40?,42?,47-,48+,49?/m1/s1. The van der Waals surface area contributed by atoms with Crippen molar-refractivity contribution in [2.75, 3.05) is 18.8 Å². The van der Waals surface area contributed by atoms with E-state index in [1.54, 1.807) is 113 Å². The molecular formula is C49H57NO13S. The molecular weight excluding hydrogens is 843 g/mol. The number of Topliss-reactive ketones (excluding diaryl/α,β-unsaturated/α-hetero) is 1. The van der Waals surface area contributed by atoms with E-state index in [0.29, 0.717) is 12.0 Å². The summed E-state index contributed by atoms with van der Waals surface area (Å²) in [6, 6.07) is 23.5.